The predicted molar refractivity (Wildman–Crippen MR) is 129 cm³/mol. The molecule has 0 N–H and O–H groups in total. The molecule has 0 aliphatic carbocycles. The molecule has 2 aromatic rings. The van der Waals surface area contributed by atoms with Gasteiger partial charge in [-0.2, -0.15) is 0 Å². The largest absolute Gasteiger partial charge is 0.405 e. The van der Waals surface area contributed by atoms with Crippen LogP contribution in [0.25, 0.3) is 0 Å². The van der Waals surface area contributed by atoms with E-state index in [1.807, 2.05) is 6.08 Å². The van der Waals surface area contributed by atoms with Gasteiger partial charge in [0.2, 0.25) is 0 Å². The second kappa shape index (κ2) is 9.74. The summed E-state index contributed by atoms with van der Waals surface area (Å²) in [7, 11) is -2.51. The minimum absolute atomic E-state index is 0.0152. The number of halogens is 1. The van der Waals surface area contributed by atoms with Crippen LogP contribution in [0.1, 0.15) is 40.0 Å². The molecule has 4 heteroatoms. The van der Waals surface area contributed by atoms with Crippen molar-refractivity contribution in [3.05, 3.63) is 73.3 Å². The summed E-state index contributed by atoms with van der Waals surface area (Å²) in [4.78, 5) is 0.467. The number of hydrogen-bond acceptors (Lipinski definition) is 2. The van der Waals surface area contributed by atoms with Crippen LogP contribution in [-0.2, 0) is 9.16 Å². The molecule has 1 aliphatic heterocycles. The summed E-state index contributed by atoms with van der Waals surface area (Å²) in [5, 5.41) is 2.61. The Morgan fingerprint density at radius 3 is 2.00 bits per heavy atom. The molecule has 1 aliphatic rings. The Bertz CT molecular complexity index is 733. The molecule has 2 nitrogen and oxygen atoms in total. The SMILES string of the molecule is C=CC[C@@H]1C[C@@H](Br)C[C@H](CO[Si](c2ccccc2)(c2ccccc2)C(C)(C)C)O1. The summed E-state index contributed by atoms with van der Waals surface area (Å²) in [6.07, 6.45) is 5.17. The lowest BCUT2D eigenvalue weighted by Gasteiger charge is -2.44. The normalized spacial score (nSPS) is 23.0. The van der Waals surface area contributed by atoms with Crippen molar-refractivity contribution >= 4 is 34.6 Å². The Kier molecular flexibility index (Phi) is 7.55. The third kappa shape index (κ3) is 5.11. The maximum atomic E-state index is 7.05. The molecule has 1 heterocycles. The molecule has 3 rings (SSSR count). The summed E-state index contributed by atoms with van der Waals surface area (Å²) in [5.74, 6) is 0. The van der Waals surface area contributed by atoms with Gasteiger partial charge in [-0.15, -0.1) is 6.58 Å². The van der Waals surface area contributed by atoms with Crippen molar-refractivity contribution in [1.29, 1.82) is 0 Å². The second-order valence-corrected chi connectivity index (χ2v) is 14.5. The molecule has 0 spiro atoms. The molecule has 0 bridgehead atoms. The van der Waals surface area contributed by atoms with Crippen LogP contribution in [-0.4, -0.2) is 32.0 Å². The van der Waals surface area contributed by atoms with Gasteiger partial charge in [-0.05, 0) is 34.7 Å². The topological polar surface area (TPSA) is 18.5 Å². The quantitative estimate of drug-likeness (QED) is 0.303. The number of benzene rings is 2. The van der Waals surface area contributed by atoms with Gasteiger partial charge < -0.3 is 9.16 Å². The van der Waals surface area contributed by atoms with Crippen molar-refractivity contribution in [2.75, 3.05) is 6.61 Å². The minimum atomic E-state index is -2.51. The molecule has 0 amide bonds. The van der Waals surface area contributed by atoms with E-state index < -0.39 is 8.32 Å². The van der Waals surface area contributed by atoms with Gasteiger partial charge in [0.15, 0.2) is 0 Å². The highest BCUT2D eigenvalue weighted by Gasteiger charge is 2.50. The average Bonchev–Trinajstić information content (AvgIpc) is 2.69. The summed E-state index contributed by atoms with van der Waals surface area (Å²) < 4.78 is 13.4. The van der Waals surface area contributed by atoms with Gasteiger partial charge in [0.25, 0.3) is 8.32 Å². The van der Waals surface area contributed by atoms with Crippen molar-refractivity contribution in [2.45, 2.75) is 62.1 Å². The Balaban J connectivity index is 1.95. The zero-order chi connectivity index (χ0) is 20.9. The Morgan fingerprint density at radius 2 is 1.52 bits per heavy atom. The lowest BCUT2D eigenvalue weighted by atomic mass is 10.0. The van der Waals surface area contributed by atoms with Crippen LogP contribution < -0.4 is 10.4 Å². The van der Waals surface area contributed by atoms with Crippen LogP contribution in [0, 0.1) is 0 Å². The first-order chi connectivity index (χ1) is 13.9. The van der Waals surface area contributed by atoms with Gasteiger partial charge in [0.05, 0.1) is 18.8 Å². The van der Waals surface area contributed by atoms with E-state index in [1.54, 1.807) is 0 Å². The smallest absolute Gasteiger partial charge is 0.261 e. The van der Waals surface area contributed by atoms with Crippen LogP contribution in [0.3, 0.4) is 0 Å². The van der Waals surface area contributed by atoms with Crippen LogP contribution in [0.15, 0.2) is 73.3 Å². The summed E-state index contributed by atoms with van der Waals surface area (Å²) >= 11 is 3.83. The molecule has 1 saturated heterocycles. The number of ether oxygens (including phenoxy) is 1. The second-order valence-electron chi connectivity index (χ2n) is 8.95. The van der Waals surface area contributed by atoms with E-state index in [4.69, 9.17) is 9.16 Å². The number of rotatable bonds is 7. The molecule has 2 aromatic carbocycles. The van der Waals surface area contributed by atoms with E-state index in [1.165, 1.54) is 10.4 Å². The van der Waals surface area contributed by atoms with Crippen LogP contribution >= 0.6 is 15.9 Å². The molecule has 1 fully saturated rings. The van der Waals surface area contributed by atoms with Crippen molar-refractivity contribution in [3.8, 4) is 0 Å². The van der Waals surface area contributed by atoms with E-state index in [2.05, 4.69) is 104 Å². The van der Waals surface area contributed by atoms with Crippen molar-refractivity contribution in [2.24, 2.45) is 0 Å². The maximum Gasteiger partial charge on any atom is 0.261 e. The molecule has 0 saturated carbocycles. The Morgan fingerprint density at radius 1 is 1.00 bits per heavy atom. The lowest BCUT2D eigenvalue weighted by molar-refractivity contribution is -0.0638. The van der Waals surface area contributed by atoms with E-state index in [0.717, 1.165) is 19.3 Å². The lowest BCUT2D eigenvalue weighted by Crippen LogP contribution is -2.67. The highest BCUT2D eigenvalue weighted by atomic mass is 79.9. The number of alkyl halides is 1. The van der Waals surface area contributed by atoms with Crippen LogP contribution in [0.5, 0.6) is 0 Å². The fourth-order valence-electron chi connectivity index (χ4n) is 4.47. The number of hydrogen-bond donors (Lipinski definition) is 0. The molecule has 156 valence electrons. The molecule has 29 heavy (non-hydrogen) atoms. The van der Waals surface area contributed by atoms with Gasteiger partial charge in [-0.3, -0.25) is 0 Å². The maximum absolute atomic E-state index is 7.05. The van der Waals surface area contributed by atoms with Gasteiger partial charge in [0.1, 0.15) is 0 Å². The van der Waals surface area contributed by atoms with Gasteiger partial charge in [-0.1, -0.05) is 103 Å². The zero-order valence-electron chi connectivity index (χ0n) is 17.8. The molecule has 0 aromatic heterocycles. The van der Waals surface area contributed by atoms with E-state index in [0.29, 0.717) is 11.4 Å². The monoisotopic (exact) mass is 472 g/mol. The summed E-state index contributed by atoms with van der Waals surface area (Å²) in [5.41, 5.74) is 0. The minimum Gasteiger partial charge on any atom is -0.405 e. The van der Waals surface area contributed by atoms with Crippen molar-refractivity contribution < 1.29 is 9.16 Å². The standard InChI is InChI=1S/C25H33BrO2Si/c1-5-12-21-17-20(26)18-22(28-21)19-27-29(25(2,3)4,23-13-8-6-9-14-23)24-15-10-7-11-16-24/h5-11,13-16,20-22H,1,12,17-19H2,2-4H3/t20-,21-,22-/m1/s1. The van der Waals surface area contributed by atoms with Gasteiger partial charge in [-0.25, -0.2) is 0 Å². The zero-order valence-corrected chi connectivity index (χ0v) is 20.4. The fraction of sp³-hybridized carbons (Fsp3) is 0.440. The molecular formula is C25H33BrO2Si. The first-order valence-electron chi connectivity index (χ1n) is 10.5. The third-order valence-electron chi connectivity index (χ3n) is 5.75. The first kappa shape index (κ1) is 22.5. The fourth-order valence-corrected chi connectivity index (χ4v) is 9.90. The highest BCUT2D eigenvalue weighted by Crippen LogP contribution is 2.37. The summed E-state index contributed by atoms with van der Waals surface area (Å²) in [6, 6.07) is 21.6. The predicted octanol–water partition coefficient (Wildman–Crippen LogP) is 5.45. The van der Waals surface area contributed by atoms with Crippen molar-refractivity contribution in [3.63, 3.8) is 0 Å². The Hall–Kier alpha value is -1.20. The van der Waals surface area contributed by atoms with Gasteiger partial charge >= 0.3 is 0 Å². The molecule has 0 unspecified atom stereocenters. The Labute approximate surface area is 185 Å². The third-order valence-corrected chi connectivity index (χ3v) is 11.5. The van der Waals surface area contributed by atoms with E-state index in [9.17, 15) is 0 Å². The first-order valence-corrected chi connectivity index (χ1v) is 13.3. The van der Waals surface area contributed by atoms with Crippen molar-refractivity contribution in [1.82, 2.24) is 0 Å². The molecule has 0 radical (unpaired) electrons. The highest BCUT2D eigenvalue weighted by molar-refractivity contribution is 9.09. The van der Waals surface area contributed by atoms with Gasteiger partial charge in [0, 0.05) is 4.83 Å². The molecular weight excluding hydrogens is 440 g/mol. The average molecular weight is 474 g/mol. The summed E-state index contributed by atoms with van der Waals surface area (Å²) in [6.45, 7) is 11.4. The van der Waals surface area contributed by atoms with Crippen LogP contribution in [0.4, 0.5) is 0 Å². The van der Waals surface area contributed by atoms with E-state index in [-0.39, 0.29) is 17.2 Å². The van der Waals surface area contributed by atoms with Crippen LogP contribution in [0.2, 0.25) is 5.04 Å². The molecule has 3 atom stereocenters. The van der Waals surface area contributed by atoms with E-state index >= 15 is 0 Å².